The van der Waals surface area contributed by atoms with Crippen molar-refractivity contribution >= 4 is 23.6 Å². The third kappa shape index (κ3) is 4.37. The summed E-state index contributed by atoms with van der Waals surface area (Å²) in [6.07, 6.45) is 1.23. The minimum atomic E-state index is -1.12. The van der Waals surface area contributed by atoms with Crippen LogP contribution in [0.25, 0.3) is 0 Å². The molecule has 1 heterocycles. The first-order chi connectivity index (χ1) is 11.4. The Labute approximate surface area is 140 Å². The molecule has 2 rings (SSSR count). The summed E-state index contributed by atoms with van der Waals surface area (Å²) in [4.78, 5) is 36.6. The summed E-state index contributed by atoms with van der Waals surface area (Å²) in [5.74, 6) is -1.45. The highest BCUT2D eigenvalue weighted by Gasteiger charge is 2.35. The van der Waals surface area contributed by atoms with Crippen LogP contribution in [0.15, 0.2) is 24.3 Å². The molecule has 1 aliphatic rings. The zero-order valence-electron chi connectivity index (χ0n) is 13.7. The van der Waals surface area contributed by atoms with Crippen LogP contribution in [0.5, 0.6) is 0 Å². The van der Waals surface area contributed by atoms with Gasteiger partial charge in [-0.2, -0.15) is 0 Å². The molecule has 1 aromatic rings. The van der Waals surface area contributed by atoms with Gasteiger partial charge in [0.15, 0.2) is 0 Å². The lowest BCUT2D eigenvalue weighted by atomic mass is 10.2. The van der Waals surface area contributed by atoms with Crippen molar-refractivity contribution in [2.24, 2.45) is 0 Å². The van der Waals surface area contributed by atoms with E-state index in [-0.39, 0.29) is 5.91 Å². The molecule has 0 saturated carbocycles. The predicted octanol–water partition coefficient (Wildman–Crippen LogP) is 1.09. The van der Waals surface area contributed by atoms with Gasteiger partial charge in [0.05, 0.1) is 5.69 Å². The van der Waals surface area contributed by atoms with Crippen LogP contribution in [0.3, 0.4) is 0 Å². The van der Waals surface area contributed by atoms with Gasteiger partial charge in [-0.05, 0) is 38.8 Å². The van der Waals surface area contributed by atoms with Crippen molar-refractivity contribution in [3.05, 3.63) is 29.8 Å². The third-order valence-corrected chi connectivity index (χ3v) is 3.91. The highest BCUT2D eigenvalue weighted by Crippen LogP contribution is 2.18. The van der Waals surface area contributed by atoms with Crippen LogP contribution < -0.4 is 16.2 Å². The highest BCUT2D eigenvalue weighted by molar-refractivity contribution is 5.89. The fourth-order valence-electron chi connectivity index (χ4n) is 2.47. The van der Waals surface area contributed by atoms with Crippen LogP contribution in [-0.2, 0) is 9.59 Å². The van der Waals surface area contributed by atoms with Crippen molar-refractivity contribution in [2.75, 3.05) is 12.0 Å². The van der Waals surface area contributed by atoms with E-state index >= 15 is 0 Å². The molecule has 8 heteroatoms. The minimum absolute atomic E-state index is 0.328. The van der Waals surface area contributed by atoms with Gasteiger partial charge in [0.25, 0.3) is 5.91 Å². The van der Waals surface area contributed by atoms with E-state index in [2.05, 4.69) is 16.2 Å². The molecule has 0 radical (unpaired) electrons. The van der Waals surface area contributed by atoms with Gasteiger partial charge in [-0.15, -0.1) is 0 Å². The van der Waals surface area contributed by atoms with Gasteiger partial charge >= 0.3 is 12.0 Å². The number of anilines is 1. The summed E-state index contributed by atoms with van der Waals surface area (Å²) in [5, 5.41) is 11.2. The number of aryl methyl sites for hydroxylation is 1. The molecule has 1 aromatic carbocycles. The SMILES string of the molecule is Cc1ccc(NNC(=O)C2CCCN2C(=O)NC(C)C(=O)O)cc1. The maximum absolute atomic E-state index is 12.3. The van der Waals surface area contributed by atoms with Gasteiger partial charge in [-0.3, -0.25) is 20.4 Å². The lowest BCUT2D eigenvalue weighted by Crippen LogP contribution is -2.53. The number of carboxylic acids is 1. The second-order valence-corrected chi connectivity index (χ2v) is 5.84. The number of amides is 3. The van der Waals surface area contributed by atoms with Gasteiger partial charge in [0, 0.05) is 6.54 Å². The minimum Gasteiger partial charge on any atom is -0.480 e. The average Bonchev–Trinajstić information content (AvgIpc) is 3.03. The van der Waals surface area contributed by atoms with E-state index < -0.39 is 24.1 Å². The molecule has 8 nitrogen and oxygen atoms in total. The van der Waals surface area contributed by atoms with E-state index in [1.54, 1.807) is 0 Å². The number of likely N-dealkylation sites (tertiary alicyclic amines) is 1. The lowest BCUT2D eigenvalue weighted by molar-refractivity contribution is -0.138. The van der Waals surface area contributed by atoms with Crippen molar-refractivity contribution in [3.8, 4) is 0 Å². The van der Waals surface area contributed by atoms with Crippen molar-refractivity contribution in [3.63, 3.8) is 0 Å². The summed E-state index contributed by atoms with van der Waals surface area (Å²) in [5.41, 5.74) is 7.26. The molecule has 0 bridgehead atoms. The summed E-state index contributed by atoms with van der Waals surface area (Å²) in [7, 11) is 0. The predicted molar refractivity (Wildman–Crippen MR) is 88.3 cm³/mol. The Hall–Kier alpha value is -2.77. The maximum atomic E-state index is 12.3. The van der Waals surface area contributed by atoms with Crippen molar-refractivity contribution in [1.82, 2.24) is 15.6 Å². The normalized spacial score (nSPS) is 17.9. The molecule has 2 atom stereocenters. The van der Waals surface area contributed by atoms with Crippen LogP contribution in [0.4, 0.5) is 10.5 Å². The lowest BCUT2D eigenvalue weighted by Gasteiger charge is -2.25. The van der Waals surface area contributed by atoms with E-state index in [1.807, 2.05) is 31.2 Å². The Bertz CT molecular complexity index is 617. The van der Waals surface area contributed by atoms with Crippen LogP contribution >= 0.6 is 0 Å². The van der Waals surface area contributed by atoms with Crippen LogP contribution in [-0.4, -0.2) is 46.5 Å². The Kier molecular flexibility index (Phi) is 5.62. The smallest absolute Gasteiger partial charge is 0.325 e. The summed E-state index contributed by atoms with van der Waals surface area (Å²) in [6.45, 7) is 3.76. The maximum Gasteiger partial charge on any atom is 0.325 e. The second kappa shape index (κ2) is 7.67. The van der Waals surface area contributed by atoms with Crippen LogP contribution in [0, 0.1) is 6.92 Å². The first kappa shape index (κ1) is 17.6. The Balaban J connectivity index is 1.91. The van der Waals surface area contributed by atoms with Gasteiger partial charge in [0.1, 0.15) is 12.1 Å². The van der Waals surface area contributed by atoms with E-state index in [1.165, 1.54) is 11.8 Å². The van der Waals surface area contributed by atoms with E-state index in [4.69, 9.17) is 5.11 Å². The topological polar surface area (TPSA) is 111 Å². The zero-order valence-corrected chi connectivity index (χ0v) is 13.7. The number of aliphatic carboxylic acids is 1. The monoisotopic (exact) mass is 334 g/mol. The molecule has 0 aliphatic carbocycles. The molecule has 1 aliphatic heterocycles. The number of rotatable bonds is 5. The number of benzene rings is 1. The fraction of sp³-hybridized carbons (Fsp3) is 0.438. The van der Waals surface area contributed by atoms with E-state index in [0.717, 1.165) is 11.3 Å². The number of nitrogens with one attached hydrogen (secondary N) is 3. The number of carbonyl (C=O) groups is 3. The van der Waals surface area contributed by atoms with Gasteiger partial charge in [-0.1, -0.05) is 17.7 Å². The summed E-state index contributed by atoms with van der Waals surface area (Å²) >= 11 is 0. The van der Waals surface area contributed by atoms with Crippen molar-refractivity contribution < 1.29 is 19.5 Å². The van der Waals surface area contributed by atoms with Crippen LogP contribution in [0.2, 0.25) is 0 Å². The zero-order chi connectivity index (χ0) is 17.7. The Morgan fingerprint density at radius 1 is 1.25 bits per heavy atom. The molecular formula is C16H22N4O4. The number of carboxylic acid groups (broad SMARTS) is 1. The number of nitrogens with zero attached hydrogens (tertiary/aromatic N) is 1. The van der Waals surface area contributed by atoms with Gasteiger partial charge in [0.2, 0.25) is 0 Å². The molecule has 1 fully saturated rings. The molecule has 2 unspecified atom stereocenters. The van der Waals surface area contributed by atoms with E-state index in [0.29, 0.717) is 19.4 Å². The molecule has 0 aromatic heterocycles. The van der Waals surface area contributed by atoms with Crippen molar-refractivity contribution in [1.29, 1.82) is 0 Å². The molecule has 3 amide bonds. The average molecular weight is 334 g/mol. The standard InChI is InChI=1S/C16H22N4O4/c1-10-5-7-12(8-6-10)18-19-14(21)13-4-3-9-20(13)16(24)17-11(2)15(22)23/h5-8,11,13,18H,3-4,9H2,1-2H3,(H,17,24)(H,19,21)(H,22,23). The summed E-state index contributed by atoms with van der Waals surface area (Å²) in [6, 6.07) is 5.33. The molecule has 4 N–H and O–H groups in total. The number of urea groups is 1. The Morgan fingerprint density at radius 2 is 1.92 bits per heavy atom. The highest BCUT2D eigenvalue weighted by atomic mass is 16.4. The molecule has 0 spiro atoms. The second-order valence-electron chi connectivity index (χ2n) is 5.84. The third-order valence-electron chi connectivity index (χ3n) is 3.91. The molecular weight excluding hydrogens is 312 g/mol. The van der Waals surface area contributed by atoms with Gasteiger partial charge < -0.3 is 15.3 Å². The summed E-state index contributed by atoms with van der Waals surface area (Å²) < 4.78 is 0. The quantitative estimate of drug-likeness (QED) is 0.602. The Morgan fingerprint density at radius 3 is 2.54 bits per heavy atom. The first-order valence-corrected chi connectivity index (χ1v) is 7.81. The number of carbonyl (C=O) groups excluding carboxylic acids is 2. The fourth-order valence-corrected chi connectivity index (χ4v) is 2.47. The first-order valence-electron chi connectivity index (χ1n) is 7.81. The number of hydrazine groups is 1. The largest absolute Gasteiger partial charge is 0.480 e. The van der Waals surface area contributed by atoms with E-state index in [9.17, 15) is 14.4 Å². The molecule has 1 saturated heterocycles. The number of hydrogen-bond acceptors (Lipinski definition) is 4. The van der Waals surface area contributed by atoms with Crippen LogP contribution in [0.1, 0.15) is 25.3 Å². The number of hydrogen-bond donors (Lipinski definition) is 4. The molecule has 24 heavy (non-hydrogen) atoms. The molecule has 130 valence electrons. The van der Waals surface area contributed by atoms with Gasteiger partial charge in [-0.25, -0.2) is 4.79 Å². The van der Waals surface area contributed by atoms with Crippen molar-refractivity contribution in [2.45, 2.75) is 38.8 Å².